The fourth-order valence-corrected chi connectivity index (χ4v) is 0.232. The van der Waals surface area contributed by atoms with Crippen molar-refractivity contribution in [3.8, 4) is 0 Å². The lowest BCUT2D eigenvalue weighted by molar-refractivity contribution is 1.03. The Hall–Kier alpha value is -0.860. The Morgan fingerprint density at radius 3 is 2.67 bits per heavy atom. The molecule has 0 aromatic heterocycles. The third-order valence-electron chi connectivity index (χ3n) is 0.499. The van der Waals surface area contributed by atoms with Crippen LogP contribution in [0.25, 0.3) is 0 Å². The van der Waals surface area contributed by atoms with Gasteiger partial charge in [-0.15, -0.1) is 0 Å². The van der Waals surface area contributed by atoms with Crippen molar-refractivity contribution in [3.05, 3.63) is 6.04 Å². The molecule has 0 radical (unpaired) electrons. The highest BCUT2D eigenvalue weighted by atomic mass is 15.4. The summed E-state index contributed by atoms with van der Waals surface area (Å²) in [6, 6.07) is 0.870. The Morgan fingerprint density at radius 1 is 1.67 bits per heavy atom. The predicted octanol–water partition coefficient (Wildman–Crippen LogP) is 0.990. The molecule has 1 heterocycles. The molecule has 3 heteroatoms. The summed E-state index contributed by atoms with van der Waals surface area (Å²) >= 11 is 0. The summed E-state index contributed by atoms with van der Waals surface area (Å²) < 4.78 is 0. The van der Waals surface area contributed by atoms with Crippen LogP contribution >= 0.6 is 0 Å². The summed E-state index contributed by atoms with van der Waals surface area (Å²) in [5.41, 5.74) is 0. The second kappa shape index (κ2) is 1.08. The van der Waals surface area contributed by atoms with E-state index >= 15 is 0 Å². The first kappa shape index (κ1) is 3.33. The molecular formula is C3H4N3+. The van der Waals surface area contributed by atoms with E-state index in [-0.39, 0.29) is 0 Å². The quantitative estimate of drug-likeness (QED) is 0.391. The van der Waals surface area contributed by atoms with Crippen molar-refractivity contribution in [2.24, 2.45) is 15.4 Å². The molecule has 0 saturated carbocycles. The summed E-state index contributed by atoms with van der Waals surface area (Å²) in [7, 11) is 0. The van der Waals surface area contributed by atoms with Gasteiger partial charge in [0, 0.05) is 5.22 Å². The maximum Gasteiger partial charge on any atom is 0.296 e. The monoisotopic (exact) mass is 82.0 g/mol. The predicted molar refractivity (Wildman–Crippen MR) is 22.3 cm³/mol. The lowest BCUT2D eigenvalue weighted by Gasteiger charge is -1.59. The molecule has 0 aromatic rings. The van der Waals surface area contributed by atoms with Gasteiger partial charge in [-0.3, -0.25) is 0 Å². The van der Waals surface area contributed by atoms with Crippen molar-refractivity contribution in [1.82, 2.24) is 0 Å². The first-order valence-electron chi connectivity index (χ1n) is 1.67. The van der Waals surface area contributed by atoms with Crippen molar-refractivity contribution in [1.29, 1.82) is 0 Å². The van der Waals surface area contributed by atoms with Crippen molar-refractivity contribution in [2.75, 3.05) is 0 Å². The highest BCUT2D eigenvalue weighted by molar-refractivity contribution is 5.73. The number of hydrogen-bond acceptors (Lipinski definition) is 3. The smallest absolute Gasteiger partial charge is 0.0859 e. The van der Waals surface area contributed by atoms with E-state index in [1.165, 1.54) is 0 Å². The molecule has 0 saturated heterocycles. The van der Waals surface area contributed by atoms with E-state index in [9.17, 15) is 0 Å². The average Bonchev–Trinajstić information content (AvgIpc) is 1.86. The molecule has 1 aliphatic rings. The van der Waals surface area contributed by atoms with Crippen LogP contribution in [-0.2, 0) is 0 Å². The maximum absolute atomic E-state index is 3.56. The lowest BCUT2D eigenvalue weighted by atomic mass is 10.4. The summed E-state index contributed by atoms with van der Waals surface area (Å²) in [4.78, 5) is 0. The van der Waals surface area contributed by atoms with Gasteiger partial charge in [0.05, 0.1) is 5.11 Å². The van der Waals surface area contributed by atoms with Gasteiger partial charge in [-0.05, 0) is 0 Å². The number of rotatable bonds is 0. The summed E-state index contributed by atoms with van der Waals surface area (Å²) in [5.74, 6) is 0. The van der Waals surface area contributed by atoms with Gasteiger partial charge in [-0.25, -0.2) is 0 Å². The topological polar surface area (TPSA) is 37.1 Å². The van der Waals surface area contributed by atoms with E-state index in [1.54, 1.807) is 6.21 Å². The van der Waals surface area contributed by atoms with E-state index < -0.39 is 0 Å². The van der Waals surface area contributed by atoms with Gasteiger partial charge in [0.1, 0.15) is 6.92 Å². The minimum Gasteiger partial charge on any atom is -0.0859 e. The van der Waals surface area contributed by atoms with Gasteiger partial charge in [0.25, 0.3) is 6.04 Å². The molecule has 0 spiro atoms. The molecule has 0 aromatic carbocycles. The highest BCUT2D eigenvalue weighted by Crippen LogP contribution is 2.02. The molecule has 0 aliphatic carbocycles. The Labute approximate surface area is 35.8 Å². The molecule has 0 atom stereocenters. The second-order valence-electron chi connectivity index (χ2n) is 1.08. The Bertz CT molecular complexity index is 82.2. The van der Waals surface area contributed by atoms with Crippen LogP contribution in [0.3, 0.4) is 0 Å². The third-order valence-corrected chi connectivity index (χ3v) is 0.499. The van der Waals surface area contributed by atoms with Gasteiger partial charge in [0.15, 0.2) is 0 Å². The Kier molecular flexibility index (Phi) is 0.602. The Morgan fingerprint density at radius 2 is 2.50 bits per heavy atom. The van der Waals surface area contributed by atoms with Crippen LogP contribution in [0, 0.1) is 6.04 Å². The second-order valence-corrected chi connectivity index (χ2v) is 1.08. The van der Waals surface area contributed by atoms with Gasteiger partial charge < -0.3 is 0 Å². The Balaban J connectivity index is 2.60. The van der Waals surface area contributed by atoms with Gasteiger partial charge in [-0.1, -0.05) is 5.10 Å². The van der Waals surface area contributed by atoms with Crippen molar-refractivity contribution in [2.45, 2.75) is 6.92 Å². The molecule has 30 valence electrons. The average molecular weight is 82.1 g/mol. The third kappa shape index (κ3) is 0.381. The van der Waals surface area contributed by atoms with E-state index in [2.05, 4.69) is 15.4 Å². The summed E-state index contributed by atoms with van der Waals surface area (Å²) in [5, 5.41) is 10.3. The zero-order chi connectivity index (χ0) is 4.41. The zero-order valence-electron chi connectivity index (χ0n) is 3.42. The fraction of sp³-hybridized carbons (Fsp3) is 0.333. The van der Waals surface area contributed by atoms with E-state index in [4.69, 9.17) is 0 Å². The highest BCUT2D eigenvalue weighted by Gasteiger charge is 2.11. The summed E-state index contributed by atoms with van der Waals surface area (Å²) in [6.07, 6.45) is 1.61. The SMILES string of the molecule is C[C+]1C=NN=N1. The molecule has 1 rings (SSSR count). The largest absolute Gasteiger partial charge is 0.296 e. The summed E-state index contributed by atoms with van der Waals surface area (Å²) in [6.45, 7) is 1.85. The molecule has 0 N–H and O–H groups in total. The van der Waals surface area contributed by atoms with Gasteiger partial charge >= 0.3 is 0 Å². The van der Waals surface area contributed by atoms with Gasteiger partial charge in [0.2, 0.25) is 6.21 Å². The van der Waals surface area contributed by atoms with Gasteiger partial charge in [-0.2, -0.15) is 0 Å². The lowest BCUT2D eigenvalue weighted by Crippen LogP contribution is -1.77. The van der Waals surface area contributed by atoms with Crippen molar-refractivity contribution in [3.63, 3.8) is 0 Å². The zero-order valence-corrected chi connectivity index (χ0v) is 3.42. The first-order chi connectivity index (χ1) is 2.89. The number of hydrogen-bond donors (Lipinski definition) is 0. The van der Waals surface area contributed by atoms with Crippen LogP contribution < -0.4 is 0 Å². The van der Waals surface area contributed by atoms with Crippen molar-refractivity contribution >= 4 is 6.21 Å². The van der Waals surface area contributed by atoms with Crippen LogP contribution in [0.1, 0.15) is 6.92 Å². The standard InChI is InChI=1S/C3H4N3/c1-3-2-4-6-5-3/h2H,1H3/q+1. The maximum atomic E-state index is 3.56. The van der Waals surface area contributed by atoms with E-state index in [0.717, 1.165) is 6.04 Å². The minimum absolute atomic E-state index is 0.870. The van der Waals surface area contributed by atoms with Crippen molar-refractivity contribution < 1.29 is 0 Å². The van der Waals surface area contributed by atoms with Crippen LogP contribution in [0.2, 0.25) is 0 Å². The minimum atomic E-state index is 0.870. The van der Waals surface area contributed by atoms with Crippen LogP contribution in [-0.4, -0.2) is 6.21 Å². The molecule has 0 amide bonds. The van der Waals surface area contributed by atoms with Crippen LogP contribution in [0.5, 0.6) is 0 Å². The normalized spacial score (nSPS) is 17.2. The van der Waals surface area contributed by atoms with Crippen LogP contribution in [0.4, 0.5) is 0 Å². The van der Waals surface area contributed by atoms with Crippen LogP contribution in [0.15, 0.2) is 15.4 Å². The molecule has 3 nitrogen and oxygen atoms in total. The molecule has 1 aliphatic heterocycles. The van der Waals surface area contributed by atoms with E-state index in [1.807, 2.05) is 6.92 Å². The number of nitrogens with zero attached hydrogens (tertiary/aromatic N) is 3. The fourth-order valence-electron chi connectivity index (χ4n) is 0.232. The first-order valence-corrected chi connectivity index (χ1v) is 1.67. The molecule has 0 bridgehead atoms. The molecule has 0 fully saturated rings. The molecule has 6 heavy (non-hydrogen) atoms. The van der Waals surface area contributed by atoms with E-state index in [0.29, 0.717) is 0 Å². The molecule has 0 unspecified atom stereocenters. The molecular weight excluding hydrogens is 78.1 g/mol.